The van der Waals surface area contributed by atoms with E-state index in [1.165, 1.54) is 0 Å². The topological polar surface area (TPSA) is 53.6 Å². The van der Waals surface area contributed by atoms with Gasteiger partial charge in [0.15, 0.2) is 0 Å². The largest absolute Gasteiger partial charge is 0.508 e. The van der Waals surface area contributed by atoms with Crippen LogP contribution in [0.2, 0.25) is 0 Å². The Hall–Kier alpha value is -2.26. The van der Waals surface area contributed by atoms with E-state index in [1.54, 1.807) is 6.07 Å². The predicted octanol–water partition coefficient (Wildman–Crippen LogP) is 3.61. The smallest absolute Gasteiger partial charge is 0.146 e. The van der Waals surface area contributed by atoms with Gasteiger partial charge in [-0.15, -0.1) is 0 Å². The number of rotatable bonds is 2. The van der Waals surface area contributed by atoms with Crippen molar-refractivity contribution in [3.63, 3.8) is 0 Å². The van der Waals surface area contributed by atoms with Crippen molar-refractivity contribution < 1.29 is 14.6 Å². The van der Waals surface area contributed by atoms with Crippen LogP contribution in [0.25, 0.3) is 27.7 Å². The van der Waals surface area contributed by atoms with Gasteiger partial charge in [-0.05, 0) is 6.07 Å². The molecule has 1 aromatic heterocycles. The number of hydrogen-bond acceptors (Lipinski definition) is 3. The van der Waals surface area contributed by atoms with Gasteiger partial charge in [0.1, 0.15) is 16.9 Å². The molecule has 0 bridgehead atoms. The standard InChI is InChI=1S/C15H12O3/c1-9(17)11-5-3-7-13-12-6-2-4-10(8-16)14(12)18-15(11)13/h2-7,16-17H,1,8H2. The summed E-state index contributed by atoms with van der Waals surface area (Å²) in [6.45, 7) is 3.46. The van der Waals surface area contributed by atoms with E-state index in [4.69, 9.17) is 4.42 Å². The number of aliphatic hydroxyl groups is 2. The molecule has 0 radical (unpaired) electrons. The Balaban J connectivity index is 2.50. The molecule has 0 saturated heterocycles. The highest BCUT2D eigenvalue weighted by molar-refractivity contribution is 6.08. The van der Waals surface area contributed by atoms with Crippen molar-refractivity contribution in [2.75, 3.05) is 0 Å². The Morgan fingerprint density at radius 1 is 1.06 bits per heavy atom. The number of furan rings is 1. The van der Waals surface area contributed by atoms with Crippen LogP contribution in [0.5, 0.6) is 0 Å². The van der Waals surface area contributed by atoms with Gasteiger partial charge in [0.05, 0.1) is 12.2 Å². The average molecular weight is 240 g/mol. The van der Waals surface area contributed by atoms with Gasteiger partial charge in [-0.2, -0.15) is 0 Å². The third kappa shape index (κ3) is 1.41. The molecular weight excluding hydrogens is 228 g/mol. The van der Waals surface area contributed by atoms with E-state index in [9.17, 15) is 10.2 Å². The van der Waals surface area contributed by atoms with Crippen LogP contribution in [0.3, 0.4) is 0 Å². The Bertz CT molecular complexity index is 753. The van der Waals surface area contributed by atoms with Crippen molar-refractivity contribution in [3.05, 3.63) is 54.1 Å². The molecule has 0 spiro atoms. The van der Waals surface area contributed by atoms with Crippen LogP contribution in [-0.4, -0.2) is 10.2 Å². The minimum absolute atomic E-state index is 0.0230. The van der Waals surface area contributed by atoms with Gasteiger partial charge in [0.25, 0.3) is 0 Å². The zero-order valence-electron chi connectivity index (χ0n) is 9.68. The maximum Gasteiger partial charge on any atom is 0.146 e. The fourth-order valence-electron chi connectivity index (χ4n) is 2.23. The quantitative estimate of drug-likeness (QED) is 0.673. The molecule has 0 unspecified atom stereocenters. The molecule has 3 aromatic rings. The Kier molecular flexibility index (Phi) is 2.35. The SMILES string of the molecule is C=C(O)c1cccc2c1oc1c(CO)cccc12. The van der Waals surface area contributed by atoms with Crippen molar-refractivity contribution in [2.24, 2.45) is 0 Å². The third-order valence-corrected chi connectivity index (χ3v) is 3.09. The highest BCUT2D eigenvalue weighted by atomic mass is 16.3. The van der Waals surface area contributed by atoms with Crippen LogP contribution in [-0.2, 0) is 6.61 Å². The van der Waals surface area contributed by atoms with E-state index < -0.39 is 0 Å². The summed E-state index contributed by atoms with van der Waals surface area (Å²) in [4.78, 5) is 0. The normalized spacial score (nSPS) is 11.2. The number of aliphatic hydroxyl groups excluding tert-OH is 2. The van der Waals surface area contributed by atoms with Crippen LogP contribution >= 0.6 is 0 Å². The zero-order chi connectivity index (χ0) is 12.7. The van der Waals surface area contributed by atoms with Crippen molar-refractivity contribution in [3.8, 4) is 0 Å². The Morgan fingerprint density at radius 2 is 1.72 bits per heavy atom. The summed E-state index contributed by atoms with van der Waals surface area (Å²) in [5.41, 5.74) is 2.57. The monoisotopic (exact) mass is 240 g/mol. The van der Waals surface area contributed by atoms with Crippen LogP contribution in [0, 0.1) is 0 Å². The molecule has 3 heteroatoms. The van der Waals surface area contributed by atoms with Crippen LogP contribution in [0.4, 0.5) is 0 Å². The molecule has 0 aliphatic rings. The second-order valence-corrected chi connectivity index (χ2v) is 4.18. The van der Waals surface area contributed by atoms with Gasteiger partial charge in [-0.3, -0.25) is 0 Å². The minimum atomic E-state index is -0.0768. The lowest BCUT2D eigenvalue weighted by Crippen LogP contribution is -1.81. The summed E-state index contributed by atoms with van der Waals surface area (Å²) in [7, 11) is 0. The summed E-state index contributed by atoms with van der Waals surface area (Å²) in [6.07, 6.45) is 0. The van der Waals surface area contributed by atoms with Crippen LogP contribution in [0.1, 0.15) is 11.1 Å². The molecule has 1 heterocycles. The first-order valence-electron chi connectivity index (χ1n) is 5.64. The van der Waals surface area contributed by atoms with Gasteiger partial charge in [0, 0.05) is 16.3 Å². The number of fused-ring (bicyclic) bond motifs is 3. The first-order valence-corrected chi connectivity index (χ1v) is 5.64. The van der Waals surface area contributed by atoms with Crippen LogP contribution < -0.4 is 0 Å². The van der Waals surface area contributed by atoms with E-state index in [-0.39, 0.29) is 12.4 Å². The highest BCUT2D eigenvalue weighted by Gasteiger charge is 2.13. The van der Waals surface area contributed by atoms with Gasteiger partial charge in [-0.25, -0.2) is 0 Å². The van der Waals surface area contributed by atoms with E-state index >= 15 is 0 Å². The van der Waals surface area contributed by atoms with Crippen molar-refractivity contribution >= 4 is 27.7 Å². The lowest BCUT2D eigenvalue weighted by atomic mass is 10.1. The lowest BCUT2D eigenvalue weighted by Gasteiger charge is -1.98. The summed E-state index contributed by atoms with van der Waals surface area (Å²) < 4.78 is 5.79. The van der Waals surface area contributed by atoms with Gasteiger partial charge in [-0.1, -0.05) is 36.9 Å². The fraction of sp³-hybridized carbons (Fsp3) is 0.0667. The molecule has 0 aliphatic heterocycles. The zero-order valence-corrected chi connectivity index (χ0v) is 9.68. The Morgan fingerprint density at radius 3 is 2.39 bits per heavy atom. The molecule has 2 N–H and O–H groups in total. The molecule has 18 heavy (non-hydrogen) atoms. The maximum absolute atomic E-state index is 9.57. The van der Waals surface area contributed by atoms with E-state index in [2.05, 4.69) is 6.58 Å². The molecule has 3 rings (SSSR count). The summed E-state index contributed by atoms with van der Waals surface area (Å²) in [5, 5.41) is 20.7. The molecule has 0 atom stereocenters. The second kappa shape index (κ2) is 3.89. The van der Waals surface area contributed by atoms with Gasteiger partial charge in [0.2, 0.25) is 0 Å². The van der Waals surface area contributed by atoms with E-state index in [1.807, 2.05) is 30.3 Å². The van der Waals surface area contributed by atoms with Crippen molar-refractivity contribution in [2.45, 2.75) is 6.61 Å². The summed E-state index contributed by atoms with van der Waals surface area (Å²) >= 11 is 0. The molecule has 3 nitrogen and oxygen atoms in total. The number of para-hydroxylation sites is 2. The van der Waals surface area contributed by atoms with Gasteiger partial charge >= 0.3 is 0 Å². The van der Waals surface area contributed by atoms with Crippen molar-refractivity contribution in [1.82, 2.24) is 0 Å². The second-order valence-electron chi connectivity index (χ2n) is 4.18. The average Bonchev–Trinajstić information content (AvgIpc) is 2.76. The first kappa shape index (κ1) is 10.9. The summed E-state index contributed by atoms with van der Waals surface area (Å²) in [6, 6.07) is 11.2. The molecule has 90 valence electrons. The van der Waals surface area contributed by atoms with Crippen molar-refractivity contribution in [1.29, 1.82) is 0 Å². The first-order chi connectivity index (χ1) is 8.72. The lowest BCUT2D eigenvalue weighted by molar-refractivity contribution is 0.282. The molecule has 0 fully saturated rings. The molecule has 0 saturated carbocycles. The number of benzene rings is 2. The van der Waals surface area contributed by atoms with Gasteiger partial charge < -0.3 is 14.6 Å². The molecule has 2 aromatic carbocycles. The third-order valence-electron chi connectivity index (χ3n) is 3.09. The van der Waals surface area contributed by atoms with E-state index in [0.29, 0.717) is 16.7 Å². The molecule has 0 amide bonds. The predicted molar refractivity (Wildman–Crippen MR) is 71.3 cm³/mol. The molecular formula is C15H12O3. The highest BCUT2D eigenvalue weighted by Crippen LogP contribution is 2.34. The fourth-order valence-corrected chi connectivity index (χ4v) is 2.23. The summed E-state index contributed by atoms with van der Waals surface area (Å²) in [5.74, 6) is -0.0230. The van der Waals surface area contributed by atoms with E-state index in [0.717, 1.165) is 16.3 Å². The minimum Gasteiger partial charge on any atom is -0.508 e. The Labute approximate surface area is 104 Å². The molecule has 0 aliphatic carbocycles. The maximum atomic E-state index is 9.57. The number of hydrogen-bond donors (Lipinski definition) is 2. The van der Waals surface area contributed by atoms with Crippen LogP contribution in [0.15, 0.2) is 47.4 Å².